The number of carbonyl (C=O) groups excluding carboxylic acids is 2. The average molecular weight is 592 g/mol. The van der Waals surface area contributed by atoms with E-state index in [1.807, 2.05) is 60.8 Å². The maximum absolute atomic E-state index is 13.9. The number of halogens is 3. The van der Waals surface area contributed by atoms with Crippen molar-refractivity contribution in [3.63, 3.8) is 0 Å². The molecule has 43 heavy (non-hydrogen) atoms. The summed E-state index contributed by atoms with van der Waals surface area (Å²) < 4.78 is 44.7. The summed E-state index contributed by atoms with van der Waals surface area (Å²) in [6.07, 6.45) is -0.636. The molecular formula is C34H36F3N3O3. The second-order valence-electron chi connectivity index (χ2n) is 11.1. The minimum absolute atomic E-state index is 0.0515. The minimum atomic E-state index is -4.44. The molecule has 0 spiro atoms. The Labute approximate surface area is 249 Å². The first-order valence-electron chi connectivity index (χ1n) is 14.6. The lowest BCUT2D eigenvalue weighted by Crippen LogP contribution is -2.44. The third-order valence-corrected chi connectivity index (χ3v) is 8.08. The van der Waals surface area contributed by atoms with E-state index in [-0.39, 0.29) is 36.7 Å². The molecule has 5 rings (SSSR count). The van der Waals surface area contributed by atoms with Crippen LogP contribution in [0.1, 0.15) is 41.0 Å². The van der Waals surface area contributed by atoms with Gasteiger partial charge in [0.25, 0.3) is 0 Å². The van der Waals surface area contributed by atoms with Gasteiger partial charge in [-0.2, -0.15) is 13.2 Å². The number of alkyl halides is 3. The van der Waals surface area contributed by atoms with Crippen molar-refractivity contribution in [2.75, 3.05) is 33.4 Å². The van der Waals surface area contributed by atoms with E-state index in [4.69, 9.17) is 4.74 Å². The number of H-pyrrole nitrogens is 1. The van der Waals surface area contributed by atoms with E-state index in [0.717, 1.165) is 40.6 Å². The fourth-order valence-electron chi connectivity index (χ4n) is 5.61. The van der Waals surface area contributed by atoms with Gasteiger partial charge in [0.15, 0.2) is 0 Å². The summed E-state index contributed by atoms with van der Waals surface area (Å²) in [5, 5.41) is 1.06. The van der Waals surface area contributed by atoms with Crippen LogP contribution < -0.4 is 0 Å². The van der Waals surface area contributed by atoms with E-state index in [1.165, 1.54) is 12.1 Å². The summed E-state index contributed by atoms with van der Waals surface area (Å²) in [6.45, 7) is 1.22. The number of aromatic nitrogens is 1. The summed E-state index contributed by atoms with van der Waals surface area (Å²) >= 11 is 0. The summed E-state index contributed by atoms with van der Waals surface area (Å²) in [4.78, 5) is 34.0. The zero-order valence-electron chi connectivity index (χ0n) is 24.1. The Morgan fingerprint density at radius 1 is 0.930 bits per heavy atom. The monoisotopic (exact) mass is 591 g/mol. The van der Waals surface area contributed by atoms with Crippen molar-refractivity contribution in [2.24, 2.45) is 5.92 Å². The van der Waals surface area contributed by atoms with Gasteiger partial charge in [0, 0.05) is 56.4 Å². The zero-order chi connectivity index (χ0) is 30.4. The number of ether oxygens (including phenoxy) is 1. The second-order valence-corrected chi connectivity index (χ2v) is 11.1. The van der Waals surface area contributed by atoms with Gasteiger partial charge in [-0.15, -0.1) is 0 Å². The smallest absolute Gasteiger partial charge is 0.385 e. The average Bonchev–Trinajstić information content (AvgIpc) is 3.71. The largest absolute Gasteiger partial charge is 0.416 e. The van der Waals surface area contributed by atoms with E-state index in [0.29, 0.717) is 38.1 Å². The van der Waals surface area contributed by atoms with Gasteiger partial charge in [-0.05, 0) is 60.1 Å². The van der Waals surface area contributed by atoms with Gasteiger partial charge in [-0.3, -0.25) is 9.59 Å². The van der Waals surface area contributed by atoms with Crippen molar-refractivity contribution < 1.29 is 27.5 Å². The number of hydrogen-bond donors (Lipinski definition) is 1. The van der Waals surface area contributed by atoms with Gasteiger partial charge < -0.3 is 19.5 Å². The van der Waals surface area contributed by atoms with Crippen molar-refractivity contribution in [3.8, 4) is 0 Å². The number of nitrogens with zero attached hydrogens (tertiary/aromatic N) is 2. The van der Waals surface area contributed by atoms with Crippen molar-refractivity contribution in [3.05, 3.63) is 107 Å². The maximum Gasteiger partial charge on any atom is 0.416 e. The normalized spacial score (nSPS) is 16.3. The minimum Gasteiger partial charge on any atom is -0.385 e. The molecule has 0 radical (unpaired) electrons. The summed E-state index contributed by atoms with van der Waals surface area (Å²) in [7, 11) is 1.60. The molecule has 1 aromatic heterocycles. The molecule has 9 heteroatoms. The first-order chi connectivity index (χ1) is 20.7. The van der Waals surface area contributed by atoms with E-state index in [9.17, 15) is 22.8 Å². The molecule has 1 fully saturated rings. The first kappa shape index (κ1) is 30.4. The van der Waals surface area contributed by atoms with Crippen molar-refractivity contribution >= 4 is 22.7 Å². The topological polar surface area (TPSA) is 65.6 Å². The van der Waals surface area contributed by atoms with Crippen molar-refractivity contribution in [2.45, 2.75) is 37.9 Å². The molecular weight excluding hydrogens is 555 g/mol. The number of hydrogen-bond acceptors (Lipinski definition) is 3. The number of fused-ring (bicyclic) bond motifs is 1. The standard InChI is InChI=1S/C34H36F3N3O3/c1-43-19-7-17-40(33(42)30-20-29(30)25-8-3-2-4-9-25)23-32(41)39(22-24-12-14-27(15-13-24)34(35,36)37)18-16-26-21-38-31-11-6-5-10-28(26)31/h2-6,8-15,21,29-30,38H,7,16-20,22-23H2,1H3. The molecule has 0 saturated heterocycles. The van der Waals surface area contributed by atoms with Crippen LogP contribution in [0.15, 0.2) is 85.1 Å². The SMILES string of the molecule is COCCCN(CC(=O)N(CCc1c[nH]c2ccccc12)Cc1ccc(C(F)(F)F)cc1)C(=O)C1CC1c1ccccc1. The van der Waals surface area contributed by atoms with E-state index >= 15 is 0 Å². The van der Waals surface area contributed by atoms with Gasteiger partial charge in [-0.25, -0.2) is 0 Å². The van der Waals surface area contributed by atoms with Gasteiger partial charge >= 0.3 is 6.18 Å². The fraction of sp³-hybridized carbons (Fsp3) is 0.353. The molecule has 1 N–H and O–H groups in total. The molecule has 1 aliphatic carbocycles. The third kappa shape index (κ3) is 7.65. The number of nitrogens with one attached hydrogen (secondary N) is 1. The molecule has 1 aliphatic rings. The highest BCUT2D eigenvalue weighted by Gasteiger charge is 2.46. The number of methoxy groups -OCH3 is 1. The molecule has 2 unspecified atom stereocenters. The third-order valence-electron chi connectivity index (χ3n) is 8.08. The van der Waals surface area contributed by atoms with E-state index in [2.05, 4.69) is 4.98 Å². The molecule has 0 aliphatic heterocycles. The van der Waals surface area contributed by atoms with Crippen LogP contribution >= 0.6 is 0 Å². The molecule has 2 atom stereocenters. The second kappa shape index (κ2) is 13.5. The van der Waals surface area contributed by atoms with Crippen LogP contribution in [-0.2, 0) is 33.5 Å². The van der Waals surface area contributed by atoms with E-state index in [1.54, 1.807) is 16.9 Å². The lowest BCUT2D eigenvalue weighted by Gasteiger charge is -2.28. The summed E-state index contributed by atoms with van der Waals surface area (Å²) in [6, 6.07) is 22.7. The molecule has 1 heterocycles. The maximum atomic E-state index is 13.9. The Bertz CT molecular complexity index is 1520. The number of benzene rings is 3. The quantitative estimate of drug-likeness (QED) is 0.182. The van der Waals surface area contributed by atoms with Gasteiger partial charge in [0.05, 0.1) is 12.1 Å². The van der Waals surface area contributed by atoms with Crippen LogP contribution in [0, 0.1) is 5.92 Å². The van der Waals surface area contributed by atoms with Gasteiger partial charge in [0.1, 0.15) is 0 Å². The number of aromatic amines is 1. The first-order valence-corrected chi connectivity index (χ1v) is 14.6. The zero-order valence-corrected chi connectivity index (χ0v) is 24.1. The Balaban J connectivity index is 1.33. The van der Waals surface area contributed by atoms with Crippen LogP contribution in [0.25, 0.3) is 10.9 Å². The highest BCUT2D eigenvalue weighted by atomic mass is 19.4. The van der Waals surface area contributed by atoms with Crippen LogP contribution in [0.3, 0.4) is 0 Å². The van der Waals surface area contributed by atoms with Crippen LogP contribution in [0.2, 0.25) is 0 Å². The molecule has 3 aromatic carbocycles. The predicted molar refractivity (Wildman–Crippen MR) is 159 cm³/mol. The molecule has 226 valence electrons. The Morgan fingerprint density at radius 3 is 2.37 bits per heavy atom. The lowest BCUT2D eigenvalue weighted by molar-refractivity contribution is -0.141. The van der Waals surface area contributed by atoms with E-state index < -0.39 is 11.7 Å². The number of para-hydroxylation sites is 1. The Hall–Kier alpha value is -4.11. The van der Waals surface area contributed by atoms with Crippen LogP contribution in [0.4, 0.5) is 13.2 Å². The Kier molecular flexibility index (Phi) is 9.50. The number of carbonyl (C=O) groups is 2. The Morgan fingerprint density at radius 2 is 1.65 bits per heavy atom. The van der Waals surface area contributed by atoms with Gasteiger partial charge in [-0.1, -0.05) is 60.7 Å². The molecule has 2 amide bonds. The van der Waals surface area contributed by atoms with Crippen LogP contribution in [-0.4, -0.2) is 59.9 Å². The molecule has 0 bridgehead atoms. The highest BCUT2D eigenvalue weighted by molar-refractivity contribution is 5.88. The van der Waals surface area contributed by atoms with Crippen molar-refractivity contribution in [1.82, 2.24) is 14.8 Å². The number of amides is 2. The van der Waals surface area contributed by atoms with Crippen molar-refractivity contribution in [1.29, 1.82) is 0 Å². The lowest BCUT2D eigenvalue weighted by atomic mass is 10.1. The highest BCUT2D eigenvalue weighted by Crippen LogP contribution is 2.48. The van der Waals surface area contributed by atoms with Gasteiger partial charge in [0.2, 0.25) is 11.8 Å². The predicted octanol–water partition coefficient (Wildman–Crippen LogP) is 6.43. The molecule has 4 aromatic rings. The summed E-state index contributed by atoms with van der Waals surface area (Å²) in [5.74, 6) is -0.335. The fourth-order valence-corrected chi connectivity index (χ4v) is 5.61. The molecule has 6 nitrogen and oxygen atoms in total. The van der Waals surface area contributed by atoms with Crippen LogP contribution in [0.5, 0.6) is 0 Å². The summed E-state index contributed by atoms with van der Waals surface area (Å²) in [5.41, 5.74) is 3.00. The number of rotatable bonds is 13. The molecule has 1 saturated carbocycles.